The van der Waals surface area contributed by atoms with Gasteiger partial charge in [0.05, 0.1) is 98.1 Å². The van der Waals surface area contributed by atoms with E-state index < -0.39 is 47.6 Å². The van der Waals surface area contributed by atoms with Crippen LogP contribution in [0.1, 0.15) is 134 Å². The minimum absolute atomic E-state index is 0.0207. The number of ether oxygens (including phenoxy) is 10. The maximum Gasteiger partial charge on any atom is 0.330 e. The fourth-order valence-corrected chi connectivity index (χ4v) is 11.9. The predicted octanol–water partition coefficient (Wildman–Crippen LogP) is 9.62. The largest absolute Gasteiger partial charge is 0.465 e. The molecule has 4 aliphatic rings. The molecule has 7 rings (SSSR count). The van der Waals surface area contributed by atoms with Crippen molar-refractivity contribution in [3.63, 3.8) is 0 Å². The summed E-state index contributed by atoms with van der Waals surface area (Å²) in [7, 11) is 0. The van der Waals surface area contributed by atoms with Crippen molar-refractivity contribution in [3.05, 3.63) is 86.0 Å². The summed E-state index contributed by atoms with van der Waals surface area (Å²) in [4.78, 5) is 119. The third-order valence-electron chi connectivity index (χ3n) is 16.1. The molecule has 0 unspecified atom stereocenters. The van der Waals surface area contributed by atoms with E-state index >= 15 is 0 Å². The molecule has 3 aromatic rings. The number of hydrazone groups is 1. The van der Waals surface area contributed by atoms with Gasteiger partial charge in [0.1, 0.15) is 30.3 Å². The average Bonchev–Trinajstić information content (AvgIpc) is 4.06. The molecule has 23 heteroatoms. The van der Waals surface area contributed by atoms with Gasteiger partial charge in [0.15, 0.2) is 0 Å². The van der Waals surface area contributed by atoms with Gasteiger partial charge in [0.25, 0.3) is 0 Å². The van der Waals surface area contributed by atoms with E-state index in [4.69, 9.17) is 57.5 Å². The fourth-order valence-electron chi connectivity index (χ4n) is 10.9. The molecule has 4 aliphatic carbocycles. The second-order valence-electron chi connectivity index (χ2n) is 22.3. The van der Waals surface area contributed by atoms with Crippen molar-refractivity contribution in [1.82, 2.24) is 4.98 Å². The SMILES string of the molecule is C=CC(=O)OCCCCOC(=O)C1CCC(OC(=O)C2CCC(C(=O)Oc3ccc(OC(=O)C4CCC(C(=O)OC5CCC(C(=O)OCCCCOC(=O)C=C)CC5)CC4)c(/C=N/N(CCOCCOC(=O)C=C)c4nc5ccccc5s4)c3)CC2)CC1. The fraction of sp³-hybridized carbons (Fsp3) is 0.554. The summed E-state index contributed by atoms with van der Waals surface area (Å²) in [6.07, 6.45) is 13.9. The Morgan fingerprint density at radius 2 is 0.920 bits per heavy atom. The molecule has 2 aromatic carbocycles. The highest BCUT2D eigenvalue weighted by Crippen LogP contribution is 2.37. The van der Waals surface area contributed by atoms with Gasteiger partial charge < -0.3 is 47.4 Å². The van der Waals surface area contributed by atoms with Crippen LogP contribution in [-0.4, -0.2) is 130 Å². The van der Waals surface area contributed by atoms with Crippen LogP contribution in [0.3, 0.4) is 0 Å². The summed E-state index contributed by atoms with van der Waals surface area (Å²) < 4.78 is 56.5. The van der Waals surface area contributed by atoms with Crippen molar-refractivity contribution < 1.29 is 90.5 Å². The van der Waals surface area contributed by atoms with Crippen LogP contribution in [0.25, 0.3) is 10.2 Å². The van der Waals surface area contributed by atoms with Gasteiger partial charge in [-0.1, -0.05) is 43.2 Å². The number of unbranched alkanes of at least 4 members (excludes halogenated alkanes) is 2. The molecule has 4 fully saturated rings. The summed E-state index contributed by atoms with van der Waals surface area (Å²) in [6.45, 7) is 11.5. The molecule has 0 N–H and O–H groups in total. The Kier molecular flexibility index (Phi) is 27.6. The lowest BCUT2D eigenvalue weighted by Crippen LogP contribution is -2.33. The number of thiazole rings is 1. The number of nitrogens with zero attached hydrogens (tertiary/aromatic N) is 3. The Labute approximate surface area is 516 Å². The number of hydrogen-bond acceptors (Lipinski definition) is 23. The molecule has 0 aliphatic heterocycles. The number of carbonyl (C=O) groups is 9. The zero-order valence-electron chi connectivity index (χ0n) is 49.9. The maximum absolute atomic E-state index is 14.0. The highest BCUT2D eigenvalue weighted by molar-refractivity contribution is 7.22. The van der Waals surface area contributed by atoms with Crippen LogP contribution in [0.4, 0.5) is 5.13 Å². The second-order valence-corrected chi connectivity index (χ2v) is 23.3. The van der Waals surface area contributed by atoms with Crippen LogP contribution >= 0.6 is 11.3 Å². The number of hydrogen-bond donors (Lipinski definition) is 0. The van der Waals surface area contributed by atoms with Gasteiger partial charge in [-0.25, -0.2) is 24.4 Å². The van der Waals surface area contributed by atoms with E-state index in [0.29, 0.717) is 139 Å². The number of para-hydroxylation sites is 1. The van der Waals surface area contributed by atoms with Crippen molar-refractivity contribution >= 4 is 86.6 Å². The number of benzene rings is 2. The highest BCUT2D eigenvalue weighted by Gasteiger charge is 2.37. The Balaban J connectivity index is 0.920. The first-order valence-electron chi connectivity index (χ1n) is 30.6. The topological polar surface area (TPSA) is 274 Å². The van der Waals surface area contributed by atoms with E-state index in [2.05, 4.69) is 19.7 Å². The van der Waals surface area contributed by atoms with Crippen molar-refractivity contribution in [3.8, 4) is 11.5 Å². The van der Waals surface area contributed by atoms with Crippen LogP contribution in [-0.2, 0) is 81.0 Å². The minimum Gasteiger partial charge on any atom is -0.465 e. The number of aromatic nitrogens is 1. The van der Waals surface area contributed by atoms with E-state index in [9.17, 15) is 43.2 Å². The average molecular weight is 1240 g/mol. The van der Waals surface area contributed by atoms with Crippen LogP contribution in [0, 0.1) is 35.5 Å². The summed E-state index contributed by atoms with van der Waals surface area (Å²) in [5, 5.41) is 6.98. The summed E-state index contributed by atoms with van der Waals surface area (Å²) in [5.41, 5.74) is 1.06. The Hall–Kier alpha value is -7.79. The summed E-state index contributed by atoms with van der Waals surface area (Å²) in [5.74, 6) is -5.80. The minimum atomic E-state index is -0.567. The molecular weight excluding hydrogens is 1160 g/mol. The van der Waals surface area contributed by atoms with Gasteiger partial charge in [0.2, 0.25) is 5.13 Å². The second kappa shape index (κ2) is 35.9. The lowest BCUT2D eigenvalue weighted by atomic mass is 9.82. The molecule has 0 bridgehead atoms. The van der Waals surface area contributed by atoms with Gasteiger partial charge in [-0.15, -0.1) is 0 Å². The smallest absolute Gasteiger partial charge is 0.330 e. The Bertz CT molecular complexity index is 2880. The van der Waals surface area contributed by atoms with Crippen LogP contribution in [0.15, 0.2) is 85.5 Å². The number of rotatable bonds is 32. The Morgan fingerprint density at radius 3 is 1.41 bits per heavy atom. The molecule has 1 heterocycles. The summed E-state index contributed by atoms with van der Waals surface area (Å²) >= 11 is 1.40. The molecule has 0 amide bonds. The van der Waals surface area contributed by atoms with Gasteiger partial charge >= 0.3 is 53.7 Å². The monoisotopic (exact) mass is 1240 g/mol. The molecule has 0 radical (unpaired) electrons. The number of esters is 9. The van der Waals surface area contributed by atoms with Crippen molar-refractivity contribution in [2.45, 2.75) is 141 Å². The molecule has 0 spiro atoms. The van der Waals surface area contributed by atoms with E-state index in [0.717, 1.165) is 28.4 Å². The van der Waals surface area contributed by atoms with Gasteiger partial charge in [-0.3, -0.25) is 28.8 Å². The lowest BCUT2D eigenvalue weighted by Gasteiger charge is -2.30. The molecule has 88 heavy (non-hydrogen) atoms. The molecule has 22 nitrogen and oxygen atoms in total. The molecule has 4 saturated carbocycles. The van der Waals surface area contributed by atoms with E-state index in [-0.39, 0.29) is 118 Å². The zero-order valence-corrected chi connectivity index (χ0v) is 50.7. The summed E-state index contributed by atoms with van der Waals surface area (Å²) in [6, 6.07) is 12.3. The van der Waals surface area contributed by atoms with Gasteiger partial charge in [0, 0.05) is 23.8 Å². The highest BCUT2D eigenvalue weighted by atomic mass is 32.1. The first kappa shape index (κ1) is 67.7. The predicted molar refractivity (Wildman–Crippen MR) is 322 cm³/mol. The van der Waals surface area contributed by atoms with Gasteiger partial charge in [-0.05, 0) is 159 Å². The number of carbonyl (C=O) groups excluding carboxylic acids is 9. The quantitative estimate of drug-likeness (QED) is 0.0107. The normalized spacial score (nSPS) is 21.8. The molecule has 0 atom stereocenters. The maximum atomic E-state index is 14.0. The third kappa shape index (κ3) is 21.8. The zero-order chi connectivity index (χ0) is 62.6. The third-order valence-corrected chi connectivity index (χ3v) is 17.1. The Morgan fingerprint density at radius 1 is 0.489 bits per heavy atom. The lowest BCUT2D eigenvalue weighted by molar-refractivity contribution is -0.161. The number of fused-ring (bicyclic) bond motifs is 1. The molecule has 476 valence electrons. The van der Waals surface area contributed by atoms with Crippen molar-refractivity contribution in [2.75, 3.05) is 57.8 Å². The van der Waals surface area contributed by atoms with Crippen molar-refractivity contribution in [1.29, 1.82) is 0 Å². The van der Waals surface area contributed by atoms with Crippen LogP contribution in [0.5, 0.6) is 11.5 Å². The van der Waals surface area contributed by atoms with E-state index in [1.807, 2.05) is 24.3 Å². The molecule has 0 saturated heterocycles. The molecule has 1 aromatic heterocycles. The number of anilines is 1. The van der Waals surface area contributed by atoms with Crippen LogP contribution < -0.4 is 14.5 Å². The van der Waals surface area contributed by atoms with Crippen LogP contribution in [0.2, 0.25) is 0 Å². The first-order chi connectivity index (χ1) is 42.7. The van der Waals surface area contributed by atoms with E-state index in [1.54, 1.807) is 17.1 Å². The van der Waals surface area contributed by atoms with Gasteiger partial charge in [-0.2, -0.15) is 5.10 Å². The van der Waals surface area contributed by atoms with E-state index in [1.165, 1.54) is 23.6 Å². The molecular formula is C65H81N3O19S. The van der Waals surface area contributed by atoms with Crippen molar-refractivity contribution in [2.24, 2.45) is 40.6 Å². The standard InChI is InChI=1S/C65H81N3O19S/c1-4-56(69)79-34-9-11-36-82-59(72)43-23-27-50(28-24-43)84-61(74)45-15-17-47(18-16-45)63(76)86-52-31-32-54(49(41-52)42-66-68(33-38-78-39-40-81-58(71)6-3)65-67-53-13-7-8-14-55(53)88-65)87-64(77)48-21-19-46(20-22-48)62(75)85-51-29-25-44(26-30-51)60(73)83-37-12-10-35-80-57(70)5-2/h4-8,13-14,31-32,41-48,50-51H,1-3,9-12,15-30,33-40H2/b66-42+. The first-order valence-corrected chi connectivity index (χ1v) is 31.5.